The van der Waals surface area contributed by atoms with Gasteiger partial charge >= 0.3 is 12.0 Å². The van der Waals surface area contributed by atoms with E-state index in [9.17, 15) is 9.59 Å². The van der Waals surface area contributed by atoms with E-state index in [1.54, 1.807) is 18.9 Å². The first-order valence-corrected chi connectivity index (χ1v) is 6.49. The summed E-state index contributed by atoms with van der Waals surface area (Å²) < 4.78 is 0. The number of carboxylic acid groups (broad SMARTS) is 1. The molecule has 6 heteroatoms. The summed E-state index contributed by atoms with van der Waals surface area (Å²) in [6.45, 7) is 1.76. The monoisotopic (exact) mass is 246 g/mol. The number of nitrogens with one attached hydrogen (secondary N) is 1. The molecule has 0 aromatic heterocycles. The minimum atomic E-state index is -0.889. The summed E-state index contributed by atoms with van der Waals surface area (Å²) in [5.74, 6) is 0.626. The van der Waals surface area contributed by atoms with E-state index in [1.807, 2.05) is 11.8 Å². The van der Waals surface area contributed by atoms with Crippen LogP contribution in [-0.2, 0) is 4.79 Å². The van der Waals surface area contributed by atoms with Crippen LogP contribution >= 0.6 is 11.8 Å². The van der Waals surface area contributed by atoms with Crippen LogP contribution in [0.2, 0.25) is 0 Å². The van der Waals surface area contributed by atoms with Crippen LogP contribution in [0, 0.1) is 5.92 Å². The van der Waals surface area contributed by atoms with Gasteiger partial charge in [0.2, 0.25) is 0 Å². The van der Waals surface area contributed by atoms with Gasteiger partial charge in [0.25, 0.3) is 0 Å². The molecular weight excluding hydrogens is 228 g/mol. The number of hydrogen-bond donors (Lipinski definition) is 2. The predicted molar refractivity (Wildman–Crippen MR) is 63.7 cm³/mol. The number of thioether (sulfide) groups is 1. The van der Waals surface area contributed by atoms with Crippen LogP contribution in [0.5, 0.6) is 0 Å². The Morgan fingerprint density at radius 1 is 1.62 bits per heavy atom. The summed E-state index contributed by atoms with van der Waals surface area (Å²) >= 11 is 1.84. The number of hydrogen-bond acceptors (Lipinski definition) is 3. The first kappa shape index (κ1) is 13.2. The van der Waals surface area contributed by atoms with Crippen molar-refractivity contribution in [1.29, 1.82) is 0 Å². The Kier molecular flexibility index (Phi) is 4.92. The third-order valence-corrected chi connectivity index (χ3v) is 3.90. The van der Waals surface area contributed by atoms with Crippen molar-refractivity contribution in [1.82, 2.24) is 10.2 Å². The molecular formula is C10H18N2O3S. The lowest BCUT2D eigenvalue weighted by Gasteiger charge is -2.24. The van der Waals surface area contributed by atoms with Crippen LogP contribution in [0.3, 0.4) is 0 Å². The highest BCUT2D eigenvalue weighted by Gasteiger charge is 2.24. The predicted octanol–water partition coefficient (Wildman–Crippen LogP) is 0.854. The molecule has 2 amide bonds. The van der Waals surface area contributed by atoms with Crippen LogP contribution in [0.15, 0.2) is 0 Å². The molecule has 16 heavy (non-hydrogen) atoms. The van der Waals surface area contributed by atoms with Gasteiger partial charge in [0.1, 0.15) is 0 Å². The number of rotatable bonds is 4. The Hall–Kier alpha value is -0.910. The van der Waals surface area contributed by atoms with Gasteiger partial charge in [0.15, 0.2) is 0 Å². The Balaban J connectivity index is 2.31. The van der Waals surface area contributed by atoms with Crippen molar-refractivity contribution in [2.75, 3.05) is 25.1 Å². The molecule has 92 valence electrons. The molecule has 1 fully saturated rings. The lowest BCUT2D eigenvalue weighted by Crippen LogP contribution is -2.45. The second-order valence-electron chi connectivity index (χ2n) is 4.05. The Morgan fingerprint density at radius 2 is 2.31 bits per heavy atom. The average Bonchev–Trinajstić information content (AvgIpc) is 2.77. The zero-order chi connectivity index (χ0) is 12.1. The van der Waals surface area contributed by atoms with Gasteiger partial charge in [-0.15, -0.1) is 0 Å². The maximum Gasteiger partial charge on any atom is 0.317 e. The second-order valence-corrected chi connectivity index (χ2v) is 5.20. The molecule has 1 aliphatic heterocycles. The zero-order valence-corrected chi connectivity index (χ0v) is 10.4. The third-order valence-electron chi connectivity index (χ3n) is 2.75. The Morgan fingerprint density at radius 3 is 2.81 bits per heavy atom. The van der Waals surface area contributed by atoms with E-state index < -0.39 is 11.9 Å². The van der Waals surface area contributed by atoms with Crippen molar-refractivity contribution in [2.45, 2.75) is 19.4 Å². The molecule has 0 saturated carbocycles. The molecule has 0 spiro atoms. The normalized spacial score (nSPS) is 21.5. The van der Waals surface area contributed by atoms with Crippen LogP contribution in [0.1, 0.15) is 13.3 Å². The molecule has 2 N–H and O–H groups in total. The van der Waals surface area contributed by atoms with Crippen molar-refractivity contribution in [3.05, 3.63) is 0 Å². The molecule has 0 bridgehead atoms. The summed E-state index contributed by atoms with van der Waals surface area (Å²) in [5, 5.41) is 11.3. The van der Waals surface area contributed by atoms with Gasteiger partial charge in [-0.25, -0.2) is 4.79 Å². The minimum Gasteiger partial charge on any atom is -0.481 e. The van der Waals surface area contributed by atoms with Gasteiger partial charge in [-0.1, -0.05) is 6.92 Å². The largest absolute Gasteiger partial charge is 0.481 e. The number of nitrogens with zero attached hydrogens (tertiary/aromatic N) is 1. The number of urea groups is 1. The van der Waals surface area contributed by atoms with Crippen LogP contribution in [-0.4, -0.2) is 53.1 Å². The number of aliphatic carboxylic acids is 1. The fourth-order valence-electron chi connectivity index (χ4n) is 1.45. The number of carbonyl (C=O) groups is 2. The summed E-state index contributed by atoms with van der Waals surface area (Å²) in [5.41, 5.74) is 0. The van der Waals surface area contributed by atoms with Crippen molar-refractivity contribution in [3.63, 3.8) is 0 Å². The zero-order valence-electron chi connectivity index (χ0n) is 9.60. The molecule has 0 aromatic carbocycles. The molecule has 0 aromatic rings. The van der Waals surface area contributed by atoms with Crippen molar-refractivity contribution >= 4 is 23.8 Å². The van der Waals surface area contributed by atoms with Crippen molar-refractivity contribution < 1.29 is 14.7 Å². The van der Waals surface area contributed by atoms with Gasteiger partial charge in [0, 0.05) is 25.4 Å². The van der Waals surface area contributed by atoms with Crippen molar-refractivity contribution in [3.8, 4) is 0 Å². The first-order chi connectivity index (χ1) is 7.52. The van der Waals surface area contributed by atoms with Crippen molar-refractivity contribution in [2.24, 2.45) is 5.92 Å². The first-order valence-electron chi connectivity index (χ1n) is 5.33. The van der Waals surface area contributed by atoms with Crippen LogP contribution < -0.4 is 5.32 Å². The highest BCUT2D eigenvalue weighted by atomic mass is 32.2. The van der Waals surface area contributed by atoms with E-state index in [0.29, 0.717) is 0 Å². The number of amides is 2. The van der Waals surface area contributed by atoms with E-state index in [4.69, 9.17) is 5.11 Å². The maximum atomic E-state index is 11.7. The molecule has 0 aliphatic carbocycles. The van der Waals surface area contributed by atoms with Gasteiger partial charge in [0.05, 0.1) is 5.92 Å². The quantitative estimate of drug-likeness (QED) is 0.771. The van der Waals surface area contributed by atoms with E-state index in [2.05, 4.69) is 5.32 Å². The van der Waals surface area contributed by atoms with Gasteiger partial charge in [-0.2, -0.15) is 11.8 Å². The van der Waals surface area contributed by atoms with Gasteiger partial charge < -0.3 is 15.3 Å². The molecule has 0 radical (unpaired) electrons. The molecule has 2 unspecified atom stereocenters. The molecule has 1 aliphatic rings. The Labute approximate surface area is 99.6 Å². The van der Waals surface area contributed by atoms with E-state index >= 15 is 0 Å². The van der Waals surface area contributed by atoms with Gasteiger partial charge in [-0.05, 0) is 12.2 Å². The molecule has 5 nitrogen and oxygen atoms in total. The highest BCUT2D eigenvalue weighted by molar-refractivity contribution is 7.99. The van der Waals surface area contributed by atoms with Crippen LogP contribution in [0.4, 0.5) is 4.79 Å². The summed E-state index contributed by atoms with van der Waals surface area (Å²) in [6, 6.07) is 0.103. The topological polar surface area (TPSA) is 69.6 Å². The SMILES string of the molecule is CC(CNC(=O)N(C)C1CCSC1)C(=O)O. The van der Waals surface area contributed by atoms with Crippen LogP contribution in [0.25, 0.3) is 0 Å². The average molecular weight is 246 g/mol. The summed E-state index contributed by atoms with van der Waals surface area (Å²) in [6.07, 6.45) is 1.02. The molecule has 1 heterocycles. The highest BCUT2D eigenvalue weighted by Crippen LogP contribution is 2.21. The summed E-state index contributed by atoms with van der Waals surface area (Å²) in [4.78, 5) is 23.9. The lowest BCUT2D eigenvalue weighted by atomic mass is 10.2. The maximum absolute atomic E-state index is 11.7. The van der Waals surface area contributed by atoms with E-state index in [-0.39, 0.29) is 18.6 Å². The molecule has 2 atom stereocenters. The standard InChI is InChI=1S/C10H18N2O3S/c1-7(9(13)14)5-11-10(15)12(2)8-3-4-16-6-8/h7-8H,3-6H2,1-2H3,(H,11,15)(H,13,14). The second kappa shape index (κ2) is 5.98. The van der Waals surface area contributed by atoms with E-state index in [1.165, 1.54) is 0 Å². The number of carboxylic acids is 1. The fraction of sp³-hybridized carbons (Fsp3) is 0.800. The Bertz CT molecular complexity index is 267. The minimum absolute atomic E-state index is 0.179. The molecule has 1 saturated heterocycles. The summed E-state index contributed by atoms with van der Waals surface area (Å²) in [7, 11) is 1.76. The lowest BCUT2D eigenvalue weighted by molar-refractivity contribution is -0.140. The number of carbonyl (C=O) groups excluding carboxylic acids is 1. The molecule has 1 rings (SSSR count). The van der Waals surface area contributed by atoms with E-state index in [0.717, 1.165) is 17.9 Å². The third kappa shape index (κ3) is 3.59. The van der Waals surface area contributed by atoms with Gasteiger partial charge in [-0.3, -0.25) is 4.79 Å². The smallest absolute Gasteiger partial charge is 0.317 e. The fourth-order valence-corrected chi connectivity index (χ4v) is 2.71.